The molecule has 0 spiro atoms. The van der Waals surface area contributed by atoms with Gasteiger partial charge in [0.25, 0.3) is 0 Å². The fourth-order valence-corrected chi connectivity index (χ4v) is 5.52. The number of rotatable bonds is 8. The van der Waals surface area contributed by atoms with E-state index in [0.717, 1.165) is 11.8 Å². The van der Waals surface area contributed by atoms with E-state index in [9.17, 15) is 19.2 Å². The highest BCUT2D eigenvalue weighted by Gasteiger charge is 2.51. The lowest BCUT2D eigenvalue weighted by molar-refractivity contribution is -0.148. The van der Waals surface area contributed by atoms with Gasteiger partial charge in [-0.2, -0.15) is 0 Å². The van der Waals surface area contributed by atoms with E-state index in [0.29, 0.717) is 15.1 Å². The van der Waals surface area contributed by atoms with Crippen LogP contribution in [0.2, 0.25) is 15.1 Å². The molecule has 208 valence electrons. The maximum atomic E-state index is 13.1. The van der Waals surface area contributed by atoms with Crippen LogP contribution in [0.5, 0.6) is 0 Å². The highest BCUT2D eigenvalue weighted by molar-refractivity contribution is 8.00. The first-order chi connectivity index (χ1) is 19.1. The van der Waals surface area contributed by atoms with Crippen LogP contribution in [0.4, 0.5) is 0 Å². The van der Waals surface area contributed by atoms with Crippen molar-refractivity contribution in [2.75, 3.05) is 6.61 Å². The largest absolute Gasteiger partial charge is 0.461 e. The van der Waals surface area contributed by atoms with Gasteiger partial charge in [-0.3, -0.25) is 4.79 Å². The van der Waals surface area contributed by atoms with Gasteiger partial charge < -0.3 is 18.9 Å². The van der Waals surface area contributed by atoms with Crippen molar-refractivity contribution in [3.05, 3.63) is 105 Å². The first kappa shape index (κ1) is 29.7. The number of esters is 4. The number of hydrogen-bond acceptors (Lipinski definition) is 9. The molecule has 1 aliphatic rings. The zero-order chi connectivity index (χ0) is 28.8. The van der Waals surface area contributed by atoms with Gasteiger partial charge in [-0.05, 0) is 72.8 Å². The number of carbonyl (C=O) groups excluding carboxylic acids is 4. The molecule has 3 aromatic rings. The number of benzene rings is 3. The SMILES string of the molecule is CC(=O)OC1S[C@@H](COC(=O)c2ccc(Cl)cc2)[C@H](OC(=O)c2ccc(Cl)cc2)[C@@H]1OC(=O)c1ccc(Cl)cc1. The zero-order valence-electron chi connectivity index (χ0n) is 20.8. The molecule has 1 saturated heterocycles. The van der Waals surface area contributed by atoms with E-state index in [4.69, 9.17) is 53.8 Å². The summed E-state index contributed by atoms with van der Waals surface area (Å²) in [7, 11) is 0. The molecule has 1 unspecified atom stereocenters. The maximum absolute atomic E-state index is 13.1. The molecule has 40 heavy (non-hydrogen) atoms. The van der Waals surface area contributed by atoms with E-state index >= 15 is 0 Å². The lowest BCUT2D eigenvalue weighted by Gasteiger charge is -2.25. The normalized spacial score (nSPS) is 19.9. The Kier molecular flexibility index (Phi) is 9.97. The molecule has 0 amide bonds. The van der Waals surface area contributed by atoms with Crippen LogP contribution in [-0.4, -0.2) is 53.4 Å². The van der Waals surface area contributed by atoms with Crippen LogP contribution < -0.4 is 0 Å². The van der Waals surface area contributed by atoms with Gasteiger partial charge in [-0.15, -0.1) is 11.8 Å². The number of hydrogen-bond donors (Lipinski definition) is 0. The van der Waals surface area contributed by atoms with E-state index in [2.05, 4.69) is 0 Å². The Labute approximate surface area is 248 Å². The zero-order valence-corrected chi connectivity index (χ0v) is 23.8. The smallest absolute Gasteiger partial charge is 0.338 e. The van der Waals surface area contributed by atoms with Crippen LogP contribution in [0, 0.1) is 0 Å². The van der Waals surface area contributed by atoms with Crippen molar-refractivity contribution in [1.82, 2.24) is 0 Å². The van der Waals surface area contributed by atoms with Crippen LogP contribution in [0.15, 0.2) is 72.8 Å². The molecule has 8 nitrogen and oxygen atoms in total. The molecule has 4 rings (SSSR count). The van der Waals surface area contributed by atoms with Crippen molar-refractivity contribution in [3.63, 3.8) is 0 Å². The Morgan fingerprint density at radius 1 is 0.625 bits per heavy atom. The summed E-state index contributed by atoms with van der Waals surface area (Å²) in [6.07, 6.45) is -2.39. The molecule has 0 radical (unpaired) electrons. The molecule has 0 aliphatic carbocycles. The lowest BCUT2D eigenvalue weighted by atomic mass is 10.1. The maximum Gasteiger partial charge on any atom is 0.338 e. The van der Waals surface area contributed by atoms with Crippen LogP contribution in [0.1, 0.15) is 38.0 Å². The highest BCUT2D eigenvalue weighted by atomic mass is 35.5. The van der Waals surface area contributed by atoms with E-state index in [-0.39, 0.29) is 23.3 Å². The summed E-state index contributed by atoms with van der Waals surface area (Å²) in [5, 5.41) is 0.527. The van der Waals surface area contributed by atoms with Crippen molar-refractivity contribution in [1.29, 1.82) is 0 Å². The molecule has 12 heteroatoms. The first-order valence-electron chi connectivity index (χ1n) is 11.8. The van der Waals surface area contributed by atoms with Gasteiger partial charge in [0.15, 0.2) is 17.6 Å². The lowest BCUT2D eigenvalue weighted by Crippen LogP contribution is -2.42. The summed E-state index contributed by atoms with van der Waals surface area (Å²) in [4.78, 5) is 50.6. The summed E-state index contributed by atoms with van der Waals surface area (Å²) >= 11 is 18.8. The Balaban J connectivity index is 1.59. The highest BCUT2D eigenvalue weighted by Crippen LogP contribution is 2.40. The van der Waals surface area contributed by atoms with E-state index in [1.807, 2.05) is 0 Å². The summed E-state index contributed by atoms with van der Waals surface area (Å²) in [5.41, 5.74) is -0.443. The van der Waals surface area contributed by atoms with Crippen LogP contribution in [0.3, 0.4) is 0 Å². The van der Waals surface area contributed by atoms with Crippen molar-refractivity contribution >= 4 is 70.4 Å². The monoisotopic (exact) mass is 622 g/mol. The molecule has 1 fully saturated rings. The number of carbonyl (C=O) groups is 4. The molecular formula is C28H21Cl3O8S. The second-order valence-electron chi connectivity index (χ2n) is 8.51. The summed E-state index contributed by atoms with van der Waals surface area (Å²) < 4.78 is 22.4. The van der Waals surface area contributed by atoms with Crippen molar-refractivity contribution in [2.24, 2.45) is 0 Å². The Morgan fingerprint density at radius 2 is 1.02 bits per heavy atom. The molecule has 0 bridgehead atoms. The molecular weight excluding hydrogens is 603 g/mol. The average molecular weight is 624 g/mol. The third-order valence-corrected chi connectivity index (χ3v) is 7.80. The number of halogens is 3. The fourth-order valence-electron chi connectivity index (χ4n) is 3.73. The van der Waals surface area contributed by atoms with Crippen LogP contribution in [0.25, 0.3) is 0 Å². The van der Waals surface area contributed by atoms with Gasteiger partial charge in [-0.25, -0.2) is 14.4 Å². The number of thioether (sulfide) groups is 1. The summed E-state index contributed by atoms with van der Waals surface area (Å²) in [5.74, 6) is -2.80. The predicted octanol–water partition coefficient (Wildman–Crippen LogP) is 6.26. The molecule has 1 heterocycles. The quantitative estimate of drug-likeness (QED) is 0.212. The Hall–Kier alpha value is -3.24. The van der Waals surface area contributed by atoms with Crippen molar-refractivity contribution in [3.8, 4) is 0 Å². The minimum absolute atomic E-state index is 0.177. The minimum atomic E-state index is -1.23. The van der Waals surface area contributed by atoms with Gasteiger partial charge in [0.1, 0.15) is 6.61 Å². The second kappa shape index (κ2) is 13.4. The van der Waals surface area contributed by atoms with Gasteiger partial charge in [-0.1, -0.05) is 34.8 Å². The van der Waals surface area contributed by atoms with E-state index in [1.165, 1.54) is 67.6 Å². The molecule has 1 aliphatic heterocycles. The molecule has 0 saturated carbocycles. The summed E-state index contributed by atoms with van der Waals surface area (Å²) in [6.45, 7) is 0.943. The third-order valence-electron chi connectivity index (χ3n) is 5.65. The van der Waals surface area contributed by atoms with Gasteiger partial charge in [0, 0.05) is 22.0 Å². The number of ether oxygens (including phenoxy) is 4. The van der Waals surface area contributed by atoms with Crippen LogP contribution in [-0.2, 0) is 23.7 Å². The molecule has 3 aromatic carbocycles. The third kappa shape index (κ3) is 7.69. The van der Waals surface area contributed by atoms with Crippen molar-refractivity contribution in [2.45, 2.75) is 29.8 Å². The summed E-state index contributed by atoms with van der Waals surface area (Å²) in [6, 6.07) is 18.0. The Bertz CT molecular complexity index is 1380. The molecule has 4 atom stereocenters. The second-order valence-corrected chi connectivity index (χ2v) is 11.2. The van der Waals surface area contributed by atoms with Gasteiger partial charge in [0.2, 0.25) is 0 Å². The fraction of sp³-hybridized carbons (Fsp3) is 0.214. The molecule has 0 aromatic heterocycles. The van der Waals surface area contributed by atoms with Crippen LogP contribution >= 0.6 is 46.6 Å². The van der Waals surface area contributed by atoms with E-state index in [1.54, 1.807) is 12.1 Å². The average Bonchev–Trinajstić information content (AvgIpc) is 3.22. The first-order valence-corrected chi connectivity index (χ1v) is 13.9. The standard InChI is InChI=1S/C28H21Cl3O8S/c1-15(32)37-28-24(39-27(35)18-6-12-21(31)13-7-18)23(38-26(34)17-4-10-20(30)11-5-17)22(40-28)14-36-25(33)16-2-8-19(29)9-3-16/h2-13,22-24,28H,14H2,1H3/t22-,23-,24-,28?/m0/s1. The van der Waals surface area contributed by atoms with E-state index < -0.39 is 46.8 Å². The topological polar surface area (TPSA) is 105 Å². The Morgan fingerprint density at radius 3 is 1.45 bits per heavy atom. The molecule has 0 N–H and O–H groups in total. The van der Waals surface area contributed by atoms with Gasteiger partial charge >= 0.3 is 23.9 Å². The minimum Gasteiger partial charge on any atom is -0.461 e. The van der Waals surface area contributed by atoms with Gasteiger partial charge in [0.05, 0.1) is 21.9 Å². The predicted molar refractivity (Wildman–Crippen MR) is 150 cm³/mol. The van der Waals surface area contributed by atoms with Crippen molar-refractivity contribution < 1.29 is 38.1 Å².